The van der Waals surface area contributed by atoms with Gasteiger partial charge in [0.1, 0.15) is 11.8 Å². The first-order valence-corrected chi connectivity index (χ1v) is 9.63. The van der Waals surface area contributed by atoms with E-state index in [2.05, 4.69) is 21.8 Å². The van der Waals surface area contributed by atoms with E-state index in [9.17, 15) is 14.7 Å². The van der Waals surface area contributed by atoms with Gasteiger partial charge in [-0.1, -0.05) is 24.0 Å². The topological polar surface area (TPSA) is 109 Å². The number of amides is 2. The van der Waals surface area contributed by atoms with Crippen LogP contribution in [0.15, 0.2) is 24.3 Å². The van der Waals surface area contributed by atoms with E-state index in [4.69, 9.17) is 5.73 Å². The number of fused-ring (bicyclic) bond motifs is 1. The highest BCUT2D eigenvalue weighted by Gasteiger charge is 2.21. The number of aryl methyl sites for hydroxylation is 1. The minimum atomic E-state index is -0.831. The van der Waals surface area contributed by atoms with Gasteiger partial charge in [0.2, 0.25) is 6.41 Å². The number of hydrogen-bond acceptors (Lipinski definition) is 5. The summed E-state index contributed by atoms with van der Waals surface area (Å²) >= 11 is 0. The molecule has 7 nitrogen and oxygen atoms in total. The fourth-order valence-electron chi connectivity index (χ4n) is 3.28. The van der Waals surface area contributed by atoms with Crippen molar-refractivity contribution in [2.75, 3.05) is 13.6 Å². The Bertz CT molecular complexity index is 978. The lowest BCUT2D eigenvalue weighted by Gasteiger charge is -2.17. The molecule has 1 aromatic carbocycles. The summed E-state index contributed by atoms with van der Waals surface area (Å²) in [6.07, 6.45) is 3.88. The van der Waals surface area contributed by atoms with E-state index in [0.717, 1.165) is 42.5 Å². The molecule has 2 aromatic rings. The second-order valence-corrected chi connectivity index (χ2v) is 7.13. The maximum atomic E-state index is 11.9. The number of rotatable bonds is 6. The number of nitrogens with two attached hydrogens (primary N) is 1. The van der Waals surface area contributed by atoms with Crippen LogP contribution in [0.25, 0.3) is 11.4 Å². The molecule has 1 heterocycles. The molecule has 29 heavy (non-hydrogen) atoms. The average Bonchev–Trinajstić information content (AvgIpc) is 2.75. The van der Waals surface area contributed by atoms with Crippen LogP contribution < -0.4 is 5.73 Å². The van der Waals surface area contributed by atoms with Gasteiger partial charge in [-0.05, 0) is 37.8 Å². The SMILES string of the molecule is CN(C=O)CC[C@@H](O)C#Cc1cccc(-c2nc3c(c(C(N)=O)n2)CCCC3)c1. The Labute approximate surface area is 170 Å². The monoisotopic (exact) mass is 392 g/mol. The van der Waals surface area contributed by atoms with E-state index in [1.54, 1.807) is 7.05 Å². The smallest absolute Gasteiger partial charge is 0.267 e. The summed E-state index contributed by atoms with van der Waals surface area (Å²) < 4.78 is 0. The number of hydrogen-bond donors (Lipinski definition) is 2. The molecule has 3 N–H and O–H groups in total. The molecule has 0 radical (unpaired) electrons. The molecular weight excluding hydrogens is 368 g/mol. The van der Waals surface area contributed by atoms with Gasteiger partial charge < -0.3 is 15.7 Å². The number of carbonyl (C=O) groups excluding carboxylic acids is 2. The Kier molecular flexibility index (Phi) is 6.57. The minimum absolute atomic E-state index is 0.302. The van der Waals surface area contributed by atoms with Crippen LogP contribution in [0.1, 0.15) is 46.6 Å². The number of nitrogens with zero attached hydrogens (tertiary/aromatic N) is 3. The van der Waals surface area contributed by atoms with Crippen molar-refractivity contribution in [3.05, 3.63) is 46.8 Å². The molecule has 1 aromatic heterocycles. The van der Waals surface area contributed by atoms with E-state index in [1.165, 1.54) is 4.90 Å². The Morgan fingerprint density at radius 2 is 2.14 bits per heavy atom. The van der Waals surface area contributed by atoms with Crippen molar-refractivity contribution in [2.24, 2.45) is 5.73 Å². The largest absolute Gasteiger partial charge is 0.380 e. The van der Waals surface area contributed by atoms with Crippen LogP contribution in [0.2, 0.25) is 0 Å². The molecule has 0 fully saturated rings. The lowest BCUT2D eigenvalue weighted by atomic mass is 9.94. The van der Waals surface area contributed by atoms with Gasteiger partial charge in [-0.3, -0.25) is 9.59 Å². The van der Waals surface area contributed by atoms with E-state index >= 15 is 0 Å². The lowest BCUT2D eigenvalue weighted by molar-refractivity contribution is -0.117. The maximum absolute atomic E-state index is 11.9. The van der Waals surface area contributed by atoms with Crippen LogP contribution in [-0.4, -0.2) is 52.0 Å². The maximum Gasteiger partial charge on any atom is 0.267 e. The highest BCUT2D eigenvalue weighted by Crippen LogP contribution is 2.25. The number of aromatic nitrogens is 2. The summed E-state index contributed by atoms with van der Waals surface area (Å²) in [5.74, 6) is 5.65. The third kappa shape index (κ3) is 5.18. The fraction of sp³-hybridized carbons (Fsp3) is 0.364. The van der Waals surface area contributed by atoms with Crippen molar-refractivity contribution < 1.29 is 14.7 Å². The highest BCUT2D eigenvalue weighted by molar-refractivity contribution is 5.93. The summed E-state index contributed by atoms with van der Waals surface area (Å²) in [4.78, 5) is 33.0. The zero-order chi connectivity index (χ0) is 20.8. The van der Waals surface area contributed by atoms with Crippen molar-refractivity contribution >= 4 is 12.3 Å². The van der Waals surface area contributed by atoms with E-state index in [-0.39, 0.29) is 0 Å². The molecule has 1 aliphatic carbocycles. The molecule has 3 rings (SSSR count). The molecule has 0 bridgehead atoms. The van der Waals surface area contributed by atoms with Crippen molar-refractivity contribution in [3.63, 3.8) is 0 Å². The van der Waals surface area contributed by atoms with Gasteiger partial charge in [0.05, 0.1) is 0 Å². The first-order valence-electron chi connectivity index (χ1n) is 9.63. The third-order valence-electron chi connectivity index (χ3n) is 4.86. The first-order chi connectivity index (χ1) is 14.0. The van der Waals surface area contributed by atoms with Crippen molar-refractivity contribution in [2.45, 2.75) is 38.2 Å². The number of benzene rings is 1. The van der Waals surface area contributed by atoms with Crippen molar-refractivity contribution in [3.8, 4) is 23.2 Å². The number of aliphatic hydroxyl groups excluding tert-OH is 1. The van der Waals surface area contributed by atoms with Crippen molar-refractivity contribution in [1.29, 1.82) is 0 Å². The summed E-state index contributed by atoms with van der Waals surface area (Å²) in [7, 11) is 1.65. The summed E-state index contributed by atoms with van der Waals surface area (Å²) in [6, 6.07) is 7.34. The van der Waals surface area contributed by atoms with Gasteiger partial charge in [-0.2, -0.15) is 0 Å². The molecule has 1 atom stereocenters. The van der Waals surface area contributed by atoms with E-state index < -0.39 is 12.0 Å². The molecule has 1 aliphatic rings. The summed E-state index contributed by atoms with van der Waals surface area (Å²) in [6.45, 7) is 0.429. The standard InChI is InChI=1S/C22H24N4O3/c1-26(14-27)12-11-17(28)10-9-15-5-4-6-16(13-15)22-24-19-8-3-2-7-18(19)20(25-22)21(23)29/h4-6,13-14,17,28H,2-3,7-8,11-12H2,1H3,(H2,23,29)/t17-/m0/s1. The van der Waals surface area contributed by atoms with Gasteiger partial charge in [0.15, 0.2) is 5.82 Å². The van der Waals surface area contributed by atoms with Crippen molar-refractivity contribution in [1.82, 2.24) is 14.9 Å². The molecule has 0 unspecified atom stereocenters. The minimum Gasteiger partial charge on any atom is -0.380 e. The summed E-state index contributed by atoms with van der Waals surface area (Å²) in [5.41, 5.74) is 9.05. The Morgan fingerprint density at radius 3 is 2.90 bits per heavy atom. The molecule has 2 amide bonds. The van der Waals surface area contributed by atoms with Crippen LogP contribution in [-0.2, 0) is 17.6 Å². The Morgan fingerprint density at radius 1 is 1.34 bits per heavy atom. The number of aliphatic hydroxyl groups is 1. The predicted octanol–water partition coefficient (Wildman–Crippen LogP) is 1.31. The normalized spacial score (nSPS) is 13.6. The molecule has 0 saturated carbocycles. The Hall–Kier alpha value is -3.24. The van der Waals surface area contributed by atoms with Gasteiger partial charge in [0.25, 0.3) is 5.91 Å². The van der Waals surface area contributed by atoms with Crippen LogP contribution in [0, 0.1) is 11.8 Å². The fourth-order valence-corrected chi connectivity index (χ4v) is 3.28. The highest BCUT2D eigenvalue weighted by atomic mass is 16.3. The quantitative estimate of drug-likeness (QED) is 0.569. The van der Waals surface area contributed by atoms with Gasteiger partial charge >= 0.3 is 0 Å². The van der Waals surface area contributed by atoms with Gasteiger partial charge in [-0.15, -0.1) is 0 Å². The van der Waals surface area contributed by atoms with Gasteiger partial charge in [-0.25, -0.2) is 9.97 Å². The number of primary amides is 1. The van der Waals surface area contributed by atoms with Crippen LogP contribution >= 0.6 is 0 Å². The summed E-state index contributed by atoms with van der Waals surface area (Å²) in [5, 5.41) is 9.98. The van der Waals surface area contributed by atoms with E-state index in [0.29, 0.717) is 36.5 Å². The molecule has 150 valence electrons. The van der Waals surface area contributed by atoms with E-state index in [1.807, 2.05) is 24.3 Å². The lowest BCUT2D eigenvalue weighted by Crippen LogP contribution is -2.21. The molecule has 0 saturated heterocycles. The molecular formula is C22H24N4O3. The number of carbonyl (C=O) groups is 2. The zero-order valence-corrected chi connectivity index (χ0v) is 16.4. The predicted molar refractivity (Wildman–Crippen MR) is 109 cm³/mol. The molecule has 0 aliphatic heterocycles. The first kappa shape index (κ1) is 20.5. The second-order valence-electron chi connectivity index (χ2n) is 7.13. The van der Waals surface area contributed by atoms with Crippen LogP contribution in [0.4, 0.5) is 0 Å². The molecule has 7 heteroatoms. The molecule has 0 spiro atoms. The second kappa shape index (κ2) is 9.30. The zero-order valence-electron chi connectivity index (χ0n) is 16.4. The van der Waals surface area contributed by atoms with Gasteiger partial charge in [0, 0.05) is 42.4 Å². The average molecular weight is 392 g/mol. The van der Waals surface area contributed by atoms with Crippen LogP contribution in [0.5, 0.6) is 0 Å². The van der Waals surface area contributed by atoms with Crippen LogP contribution in [0.3, 0.4) is 0 Å². The Balaban J connectivity index is 1.85. The third-order valence-corrected chi connectivity index (χ3v) is 4.86.